The summed E-state index contributed by atoms with van der Waals surface area (Å²) < 4.78 is 0. The van der Waals surface area contributed by atoms with Crippen molar-refractivity contribution in [3.8, 4) is 0 Å². The molecule has 0 radical (unpaired) electrons. The van der Waals surface area contributed by atoms with Crippen molar-refractivity contribution in [3.63, 3.8) is 0 Å². The molecule has 0 aromatic heterocycles. The molecule has 1 aliphatic rings. The standard InChI is InChI=1S/C9H18N2O/c1-3-5-8-7-11(4-2)9(12)6-10-8/h8,10H,3-7H2,1-2H3/t8-/m1/s1. The molecule has 0 aromatic rings. The zero-order valence-corrected chi connectivity index (χ0v) is 7.97. The molecule has 1 saturated heterocycles. The maximum absolute atomic E-state index is 11.2. The van der Waals surface area contributed by atoms with Crippen molar-refractivity contribution in [2.75, 3.05) is 19.6 Å². The molecule has 1 aliphatic heterocycles. The third-order valence-corrected chi connectivity index (χ3v) is 2.35. The second-order valence-electron chi connectivity index (χ2n) is 3.30. The Bertz CT molecular complexity index is 159. The highest BCUT2D eigenvalue weighted by molar-refractivity contribution is 5.79. The lowest BCUT2D eigenvalue weighted by Crippen LogP contribution is -2.53. The summed E-state index contributed by atoms with van der Waals surface area (Å²) >= 11 is 0. The Morgan fingerprint density at radius 1 is 1.58 bits per heavy atom. The number of rotatable bonds is 3. The summed E-state index contributed by atoms with van der Waals surface area (Å²) in [7, 11) is 0. The Kier molecular flexibility index (Phi) is 3.53. The molecule has 1 atom stereocenters. The lowest BCUT2D eigenvalue weighted by molar-refractivity contribution is -0.132. The average Bonchev–Trinajstić information content (AvgIpc) is 2.09. The fourth-order valence-corrected chi connectivity index (χ4v) is 1.62. The Labute approximate surface area is 74.1 Å². The number of hydrogen-bond donors (Lipinski definition) is 1. The normalized spacial score (nSPS) is 24.7. The number of nitrogens with one attached hydrogen (secondary N) is 1. The first-order chi connectivity index (χ1) is 5.77. The third-order valence-electron chi connectivity index (χ3n) is 2.35. The molecule has 0 aliphatic carbocycles. The zero-order chi connectivity index (χ0) is 8.97. The molecule has 1 fully saturated rings. The molecule has 12 heavy (non-hydrogen) atoms. The Morgan fingerprint density at radius 2 is 2.33 bits per heavy atom. The van der Waals surface area contributed by atoms with Crippen LogP contribution in [-0.2, 0) is 4.79 Å². The molecular weight excluding hydrogens is 152 g/mol. The van der Waals surface area contributed by atoms with Crippen LogP contribution in [0.4, 0.5) is 0 Å². The van der Waals surface area contributed by atoms with Crippen LogP contribution in [0.15, 0.2) is 0 Å². The fraction of sp³-hybridized carbons (Fsp3) is 0.889. The Morgan fingerprint density at radius 3 is 2.92 bits per heavy atom. The van der Waals surface area contributed by atoms with Gasteiger partial charge in [0.25, 0.3) is 0 Å². The van der Waals surface area contributed by atoms with Crippen LogP contribution < -0.4 is 5.32 Å². The number of likely N-dealkylation sites (N-methyl/N-ethyl adjacent to an activating group) is 1. The van der Waals surface area contributed by atoms with Crippen molar-refractivity contribution >= 4 is 5.91 Å². The van der Waals surface area contributed by atoms with Gasteiger partial charge in [0.15, 0.2) is 0 Å². The first-order valence-electron chi connectivity index (χ1n) is 4.79. The van der Waals surface area contributed by atoms with Crippen molar-refractivity contribution in [1.82, 2.24) is 10.2 Å². The SMILES string of the molecule is CCC[C@@H]1CN(CC)C(=O)CN1. The van der Waals surface area contributed by atoms with E-state index in [2.05, 4.69) is 12.2 Å². The zero-order valence-electron chi connectivity index (χ0n) is 7.97. The molecule has 1 heterocycles. The second kappa shape index (κ2) is 4.45. The van der Waals surface area contributed by atoms with Crippen molar-refractivity contribution in [1.29, 1.82) is 0 Å². The minimum Gasteiger partial charge on any atom is -0.340 e. The summed E-state index contributed by atoms with van der Waals surface area (Å²) in [6.07, 6.45) is 2.35. The highest BCUT2D eigenvalue weighted by atomic mass is 16.2. The maximum atomic E-state index is 11.2. The molecular formula is C9H18N2O. The molecule has 1 rings (SSSR count). The smallest absolute Gasteiger partial charge is 0.236 e. The van der Waals surface area contributed by atoms with E-state index in [0.29, 0.717) is 12.6 Å². The summed E-state index contributed by atoms with van der Waals surface area (Å²) in [5, 5.41) is 3.24. The van der Waals surface area contributed by atoms with Crippen LogP contribution in [0.1, 0.15) is 26.7 Å². The maximum Gasteiger partial charge on any atom is 0.236 e. The van der Waals surface area contributed by atoms with Gasteiger partial charge in [0.1, 0.15) is 0 Å². The number of carbonyl (C=O) groups excluding carboxylic acids is 1. The summed E-state index contributed by atoms with van der Waals surface area (Å²) in [6.45, 7) is 6.48. The molecule has 0 bridgehead atoms. The molecule has 1 amide bonds. The predicted molar refractivity (Wildman–Crippen MR) is 49.0 cm³/mol. The molecule has 0 saturated carbocycles. The van der Waals surface area contributed by atoms with E-state index in [0.717, 1.165) is 13.1 Å². The number of carbonyl (C=O) groups is 1. The highest BCUT2D eigenvalue weighted by Crippen LogP contribution is 2.04. The molecule has 1 N–H and O–H groups in total. The average molecular weight is 170 g/mol. The summed E-state index contributed by atoms with van der Waals surface area (Å²) in [6, 6.07) is 0.521. The van der Waals surface area contributed by atoms with E-state index in [4.69, 9.17) is 0 Å². The number of piperazine rings is 1. The predicted octanol–water partition coefficient (Wildman–Crippen LogP) is 0.607. The van der Waals surface area contributed by atoms with Crippen LogP contribution in [0.5, 0.6) is 0 Å². The van der Waals surface area contributed by atoms with Crippen molar-refractivity contribution in [2.45, 2.75) is 32.7 Å². The van der Waals surface area contributed by atoms with Gasteiger partial charge in [0.05, 0.1) is 6.54 Å². The molecule has 3 nitrogen and oxygen atoms in total. The van der Waals surface area contributed by atoms with Crippen LogP contribution in [0.2, 0.25) is 0 Å². The van der Waals surface area contributed by atoms with Gasteiger partial charge in [-0.05, 0) is 13.3 Å². The van der Waals surface area contributed by atoms with E-state index < -0.39 is 0 Å². The van der Waals surface area contributed by atoms with Gasteiger partial charge in [-0.3, -0.25) is 4.79 Å². The van der Waals surface area contributed by atoms with Crippen molar-refractivity contribution < 1.29 is 4.79 Å². The minimum atomic E-state index is 0.241. The molecule has 0 aromatic carbocycles. The lowest BCUT2D eigenvalue weighted by atomic mass is 10.1. The highest BCUT2D eigenvalue weighted by Gasteiger charge is 2.22. The van der Waals surface area contributed by atoms with Gasteiger partial charge in [-0.15, -0.1) is 0 Å². The van der Waals surface area contributed by atoms with E-state index in [1.54, 1.807) is 0 Å². The van der Waals surface area contributed by atoms with Crippen LogP contribution in [0, 0.1) is 0 Å². The molecule has 70 valence electrons. The second-order valence-corrected chi connectivity index (χ2v) is 3.30. The Hall–Kier alpha value is -0.570. The number of amides is 1. The van der Waals surface area contributed by atoms with Crippen LogP contribution in [0.3, 0.4) is 0 Å². The van der Waals surface area contributed by atoms with E-state index in [-0.39, 0.29) is 5.91 Å². The molecule has 0 spiro atoms. The van der Waals surface area contributed by atoms with Gasteiger partial charge in [0.2, 0.25) is 5.91 Å². The summed E-state index contributed by atoms with van der Waals surface area (Å²) in [5.74, 6) is 0.241. The van der Waals surface area contributed by atoms with E-state index in [9.17, 15) is 4.79 Å². The van der Waals surface area contributed by atoms with Gasteiger partial charge in [-0.2, -0.15) is 0 Å². The lowest BCUT2D eigenvalue weighted by Gasteiger charge is -2.32. The van der Waals surface area contributed by atoms with Crippen LogP contribution >= 0.6 is 0 Å². The van der Waals surface area contributed by atoms with Gasteiger partial charge >= 0.3 is 0 Å². The van der Waals surface area contributed by atoms with Crippen LogP contribution in [-0.4, -0.2) is 36.5 Å². The van der Waals surface area contributed by atoms with E-state index in [1.807, 2.05) is 11.8 Å². The number of hydrogen-bond acceptors (Lipinski definition) is 2. The van der Waals surface area contributed by atoms with Crippen molar-refractivity contribution in [3.05, 3.63) is 0 Å². The molecule has 0 unspecified atom stereocenters. The van der Waals surface area contributed by atoms with E-state index >= 15 is 0 Å². The quantitative estimate of drug-likeness (QED) is 0.673. The van der Waals surface area contributed by atoms with Gasteiger partial charge in [-0.1, -0.05) is 13.3 Å². The van der Waals surface area contributed by atoms with Crippen LogP contribution in [0.25, 0.3) is 0 Å². The minimum absolute atomic E-state index is 0.241. The Balaban J connectivity index is 2.38. The first kappa shape index (κ1) is 9.52. The van der Waals surface area contributed by atoms with E-state index in [1.165, 1.54) is 12.8 Å². The fourth-order valence-electron chi connectivity index (χ4n) is 1.62. The van der Waals surface area contributed by atoms with Gasteiger partial charge < -0.3 is 10.2 Å². The largest absolute Gasteiger partial charge is 0.340 e. The van der Waals surface area contributed by atoms with Gasteiger partial charge in [-0.25, -0.2) is 0 Å². The topological polar surface area (TPSA) is 32.3 Å². The third kappa shape index (κ3) is 2.21. The van der Waals surface area contributed by atoms with Crippen molar-refractivity contribution in [2.24, 2.45) is 0 Å². The summed E-state index contributed by atoms with van der Waals surface area (Å²) in [4.78, 5) is 13.2. The first-order valence-corrected chi connectivity index (χ1v) is 4.79. The monoisotopic (exact) mass is 170 g/mol. The molecule has 3 heteroatoms. The van der Waals surface area contributed by atoms with Gasteiger partial charge in [0, 0.05) is 19.1 Å². The number of nitrogens with zero attached hydrogens (tertiary/aromatic N) is 1. The summed E-state index contributed by atoms with van der Waals surface area (Å²) in [5.41, 5.74) is 0.